The summed E-state index contributed by atoms with van der Waals surface area (Å²) < 4.78 is 0.718. The second kappa shape index (κ2) is 6.15. The summed E-state index contributed by atoms with van der Waals surface area (Å²) in [6.07, 6.45) is 0. The Morgan fingerprint density at radius 2 is 1.37 bits per heavy atom. The lowest BCUT2D eigenvalue weighted by molar-refractivity contribution is -0.133. The Balaban J connectivity index is 2.01. The Kier molecular flexibility index (Phi) is 4.30. The number of halogens is 1. The van der Waals surface area contributed by atoms with E-state index in [-0.39, 0.29) is 0 Å². The van der Waals surface area contributed by atoms with E-state index >= 15 is 0 Å². The van der Waals surface area contributed by atoms with E-state index in [4.69, 9.17) is 0 Å². The van der Waals surface area contributed by atoms with Crippen molar-refractivity contribution < 1.29 is 9.59 Å². The summed E-state index contributed by atoms with van der Waals surface area (Å²) in [7, 11) is 0. The first kappa shape index (κ1) is 13.3. The first-order valence-corrected chi connectivity index (χ1v) is 6.38. The summed E-state index contributed by atoms with van der Waals surface area (Å²) in [5.74, 6) is -1.42. The van der Waals surface area contributed by atoms with Crippen LogP contribution in [-0.4, -0.2) is 11.8 Å². The van der Waals surface area contributed by atoms with Gasteiger partial charge in [0.05, 0.1) is 5.69 Å². The lowest BCUT2D eigenvalue weighted by atomic mass is 10.3. The highest BCUT2D eigenvalue weighted by molar-refractivity contribution is 9.10. The molecule has 0 saturated heterocycles. The topological polar surface area (TPSA) is 58.2 Å². The average Bonchev–Trinajstić information content (AvgIpc) is 2.42. The van der Waals surface area contributed by atoms with Gasteiger partial charge in [0, 0.05) is 10.2 Å². The van der Waals surface area contributed by atoms with E-state index in [1.165, 1.54) is 0 Å². The fraction of sp³-hybridized carbons (Fsp3) is 0. The molecule has 2 amide bonds. The third-order valence-corrected chi connectivity index (χ3v) is 3.05. The van der Waals surface area contributed by atoms with Crippen molar-refractivity contribution in [2.24, 2.45) is 0 Å². The normalized spacial score (nSPS) is 9.74. The zero-order valence-electron chi connectivity index (χ0n) is 9.89. The molecule has 19 heavy (non-hydrogen) atoms. The summed E-state index contributed by atoms with van der Waals surface area (Å²) >= 11 is 3.29. The summed E-state index contributed by atoms with van der Waals surface area (Å²) in [5, 5.41) is 5.05. The Morgan fingerprint density at radius 3 is 2.05 bits per heavy atom. The molecule has 0 aliphatic heterocycles. The highest BCUT2D eigenvalue weighted by atomic mass is 79.9. The third-order valence-electron chi connectivity index (χ3n) is 2.36. The van der Waals surface area contributed by atoms with Gasteiger partial charge in [-0.05, 0) is 40.2 Å². The number of carbonyl (C=O) groups excluding carboxylic acids is 2. The monoisotopic (exact) mass is 318 g/mol. The molecule has 0 fully saturated rings. The molecule has 0 aromatic heterocycles. The molecule has 0 aliphatic rings. The second-order valence-electron chi connectivity index (χ2n) is 3.75. The number of hydrogen-bond donors (Lipinski definition) is 2. The lowest BCUT2D eigenvalue weighted by Crippen LogP contribution is -2.29. The molecule has 0 heterocycles. The predicted molar refractivity (Wildman–Crippen MR) is 77.8 cm³/mol. The van der Waals surface area contributed by atoms with Crippen LogP contribution in [-0.2, 0) is 9.59 Å². The Labute approximate surface area is 119 Å². The Hall–Kier alpha value is -2.14. The smallest absolute Gasteiger partial charge is 0.314 e. The summed E-state index contributed by atoms with van der Waals surface area (Å²) in [5.41, 5.74) is 1.13. The maximum atomic E-state index is 11.7. The summed E-state index contributed by atoms with van der Waals surface area (Å²) in [4.78, 5) is 23.4. The summed E-state index contributed by atoms with van der Waals surface area (Å²) in [6.45, 7) is 0. The molecule has 2 aromatic rings. The number of rotatable bonds is 2. The highest BCUT2D eigenvalue weighted by Crippen LogP contribution is 2.21. The van der Waals surface area contributed by atoms with Crippen molar-refractivity contribution in [2.75, 3.05) is 10.6 Å². The van der Waals surface area contributed by atoms with Crippen LogP contribution in [0.4, 0.5) is 11.4 Å². The van der Waals surface area contributed by atoms with Crippen LogP contribution in [0.3, 0.4) is 0 Å². The van der Waals surface area contributed by atoms with E-state index < -0.39 is 11.8 Å². The third kappa shape index (κ3) is 3.66. The van der Waals surface area contributed by atoms with Crippen molar-refractivity contribution in [1.82, 2.24) is 0 Å². The van der Waals surface area contributed by atoms with Crippen molar-refractivity contribution in [2.45, 2.75) is 0 Å². The van der Waals surface area contributed by atoms with E-state index in [9.17, 15) is 9.59 Å². The molecule has 0 spiro atoms. The molecule has 2 rings (SSSR count). The van der Waals surface area contributed by atoms with Gasteiger partial charge in [-0.2, -0.15) is 0 Å². The van der Waals surface area contributed by atoms with E-state index in [2.05, 4.69) is 26.6 Å². The minimum absolute atomic E-state index is 0.552. The molecule has 2 aromatic carbocycles. The van der Waals surface area contributed by atoms with Crippen LogP contribution < -0.4 is 10.6 Å². The summed E-state index contributed by atoms with van der Waals surface area (Å²) in [6, 6.07) is 15.9. The van der Waals surface area contributed by atoms with Gasteiger partial charge in [-0.3, -0.25) is 9.59 Å². The largest absolute Gasteiger partial charge is 0.318 e. The number of anilines is 2. The van der Waals surface area contributed by atoms with Crippen LogP contribution in [0.1, 0.15) is 0 Å². The van der Waals surface area contributed by atoms with Gasteiger partial charge in [-0.25, -0.2) is 0 Å². The van der Waals surface area contributed by atoms with Crippen molar-refractivity contribution in [3.63, 3.8) is 0 Å². The zero-order chi connectivity index (χ0) is 13.7. The first-order chi connectivity index (χ1) is 9.16. The molecule has 4 nitrogen and oxygen atoms in total. The Bertz CT molecular complexity index is 599. The first-order valence-electron chi connectivity index (χ1n) is 5.59. The minimum Gasteiger partial charge on any atom is -0.318 e. The van der Waals surface area contributed by atoms with Crippen LogP contribution in [0, 0.1) is 0 Å². The molecule has 0 saturated carbocycles. The second-order valence-corrected chi connectivity index (χ2v) is 4.61. The molecule has 0 aliphatic carbocycles. The molecule has 0 unspecified atom stereocenters. The van der Waals surface area contributed by atoms with Crippen LogP contribution in [0.5, 0.6) is 0 Å². The van der Waals surface area contributed by atoms with Gasteiger partial charge in [0.1, 0.15) is 0 Å². The molecule has 0 radical (unpaired) electrons. The van der Waals surface area contributed by atoms with Gasteiger partial charge in [-0.15, -0.1) is 0 Å². The van der Waals surface area contributed by atoms with E-state index in [0.717, 1.165) is 4.47 Å². The van der Waals surface area contributed by atoms with Crippen molar-refractivity contribution in [3.05, 3.63) is 59.1 Å². The number of nitrogens with one attached hydrogen (secondary N) is 2. The number of carbonyl (C=O) groups is 2. The van der Waals surface area contributed by atoms with Crippen LogP contribution in [0.15, 0.2) is 59.1 Å². The van der Waals surface area contributed by atoms with Gasteiger partial charge in [0.25, 0.3) is 0 Å². The molecule has 0 bridgehead atoms. The molecule has 5 heteroatoms. The maximum Gasteiger partial charge on any atom is 0.314 e. The number of benzene rings is 2. The van der Waals surface area contributed by atoms with Crippen LogP contribution in [0.2, 0.25) is 0 Å². The van der Waals surface area contributed by atoms with Gasteiger partial charge in [0.15, 0.2) is 0 Å². The SMILES string of the molecule is O=C(Nc1ccccc1)C(=O)Nc1ccccc1Br. The molecular formula is C14H11BrN2O2. The lowest BCUT2D eigenvalue weighted by Gasteiger charge is -2.07. The van der Waals surface area contributed by atoms with Gasteiger partial charge >= 0.3 is 11.8 Å². The minimum atomic E-state index is -0.712. The van der Waals surface area contributed by atoms with Crippen LogP contribution in [0.25, 0.3) is 0 Å². The average molecular weight is 319 g/mol. The predicted octanol–water partition coefficient (Wildman–Crippen LogP) is 3.03. The van der Waals surface area contributed by atoms with E-state index in [1.807, 2.05) is 12.1 Å². The standard InChI is InChI=1S/C14H11BrN2O2/c15-11-8-4-5-9-12(11)17-14(19)13(18)16-10-6-2-1-3-7-10/h1-9H,(H,16,18)(H,17,19). The van der Waals surface area contributed by atoms with Crippen LogP contribution >= 0.6 is 15.9 Å². The van der Waals surface area contributed by atoms with E-state index in [0.29, 0.717) is 11.4 Å². The van der Waals surface area contributed by atoms with Gasteiger partial charge in [-0.1, -0.05) is 30.3 Å². The highest BCUT2D eigenvalue weighted by Gasteiger charge is 2.14. The molecule has 96 valence electrons. The fourth-order valence-electron chi connectivity index (χ4n) is 1.45. The fourth-order valence-corrected chi connectivity index (χ4v) is 1.83. The van der Waals surface area contributed by atoms with Crippen molar-refractivity contribution in [1.29, 1.82) is 0 Å². The number of para-hydroxylation sites is 2. The number of hydrogen-bond acceptors (Lipinski definition) is 2. The number of amides is 2. The Morgan fingerprint density at radius 1 is 0.789 bits per heavy atom. The molecular weight excluding hydrogens is 308 g/mol. The van der Waals surface area contributed by atoms with Crippen molar-refractivity contribution >= 4 is 39.1 Å². The van der Waals surface area contributed by atoms with Crippen molar-refractivity contribution in [3.8, 4) is 0 Å². The van der Waals surface area contributed by atoms with E-state index in [1.54, 1.807) is 42.5 Å². The zero-order valence-corrected chi connectivity index (χ0v) is 11.5. The van der Waals surface area contributed by atoms with Gasteiger partial charge < -0.3 is 10.6 Å². The van der Waals surface area contributed by atoms with Gasteiger partial charge in [0.2, 0.25) is 0 Å². The molecule has 2 N–H and O–H groups in total. The quantitative estimate of drug-likeness (QED) is 0.836. The maximum absolute atomic E-state index is 11.7. The molecule has 0 atom stereocenters.